The van der Waals surface area contributed by atoms with Crippen molar-refractivity contribution in [1.82, 2.24) is 10.2 Å². The van der Waals surface area contributed by atoms with E-state index in [1.807, 2.05) is 27.7 Å². The maximum atomic E-state index is 12.2. The number of rotatable bonds is 5. The van der Waals surface area contributed by atoms with Crippen LogP contribution < -0.4 is 5.32 Å². The van der Waals surface area contributed by atoms with Crippen molar-refractivity contribution < 1.29 is 14.3 Å². The number of hydrogen-bond donors (Lipinski definition) is 1. The lowest BCUT2D eigenvalue weighted by atomic mass is 9.88. The largest absolute Gasteiger partial charge is 0.444 e. The van der Waals surface area contributed by atoms with Crippen molar-refractivity contribution in [2.75, 3.05) is 6.54 Å². The molecule has 0 aliphatic heterocycles. The molecule has 0 bridgehead atoms. The Morgan fingerprint density at radius 3 is 2.43 bits per heavy atom. The first-order chi connectivity index (χ1) is 10.6. The molecule has 1 rings (SSSR count). The van der Waals surface area contributed by atoms with Gasteiger partial charge >= 0.3 is 6.09 Å². The summed E-state index contributed by atoms with van der Waals surface area (Å²) in [7, 11) is 0. The summed E-state index contributed by atoms with van der Waals surface area (Å²) < 4.78 is 5.35. The van der Waals surface area contributed by atoms with Crippen molar-refractivity contribution in [3.8, 4) is 0 Å². The van der Waals surface area contributed by atoms with E-state index < -0.39 is 11.7 Å². The molecule has 0 aromatic heterocycles. The lowest BCUT2D eigenvalue weighted by molar-refractivity contribution is -0.129. The van der Waals surface area contributed by atoms with Gasteiger partial charge < -0.3 is 15.0 Å². The zero-order chi connectivity index (χ0) is 17.6. The monoisotopic (exact) mass is 322 g/mol. The first-order valence-corrected chi connectivity index (χ1v) is 8.21. The van der Waals surface area contributed by atoms with Gasteiger partial charge in [-0.1, -0.05) is 31.6 Å². The highest BCUT2D eigenvalue weighted by Crippen LogP contribution is 2.25. The second kappa shape index (κ2) is 8.18. The smallest absolute Gasteiger partial charge is 0.407 e. The molecule has 2 atom stereocenters. The average Bonchev–Trinajstić information content (AvgIpc) is 2.42. The molecule has 0 unspecified atom stereocenters. The molecule has 1 N–H and O–H groups in total. The third-order valence-corrected chi connectivity index (χ3v) is 3.73. The summed E-state index contributed by atoms with van der Waals surface area (Å²) in [5.41, 5.74) is 0.365. The van der Waals surface area contributed by atoms with E-state index in [-0.39, 0.29) is 18.0 Å². The minimum Gasteiger partial charge on any atom is -0.444 e. The van der Waals surface area contributed by atoms with Crippen molar-refractivity contribution in [2.24, 2.45) is 0 Å². The predicted molar refractivity (Wildman–Crippen MR) is 92.1 cm³/mol. The standard InChI is InChI=1S/C18H30N2O3/c1-7-16(21)20(12-13(2)3)15-11-9-8-10-14(15)19-17(22)23-18(4,5)6/h7,14-15H,1-2,8-12H2,3-6H3,(H,19,22)/t14-,15-/m1/s1. The Kier molecular flexibility index (Phi) is 6.85. The Morgan fingerprint density at radius 2 is 1.91 bits per heavy atom. The highest BCUT2D eigenvalue weighted by molar-refractivity contribution is 5.87. The van der Waals surface area contributed by atoms with Crippen LogP contribution in [0, 0.1) is 0 Å². The SMILES string of the molecule is C=CC(=O)N(CC(=C)C)[C@@H]1CCCC[C@H]1NC(=O)OC(C)(C)C. The lowest BCUT2D eigenvalue weighted by Crippen LogP contribution is -2.55. The molecule has 5 nitrogen and oxygen atoms in total. The quantitative estimate of drug-likeness (QED) is 0.623. The molecule has 0 aromatic carbocycles. The minimum absolute atomic E-state index is 0.0570. The van der Waals surface area contributed by atoms with E-state index in [1.165, 1.54) is 6.08 Å². The van der Waals surface area contributed by atoms with Gasteiger partial charge in [0.05, 0.1) is 12.1 Å². The fraction of sp³-hybridized carbons (Fsp3) is 0.667. The zero-order valence-electron chi connectivity index (χ0n) is 14.9. The number of amides is 2. The third kappa shape index (κ3) is 6.47. The van der Waals surface area contributed by atoms with Gasteiger partial charge in [0, 0.05) is 6.54 Å². The van der Waals surface area contributed by atoms with E-state index in [0.29, 0.717) is 6.54 Å². The number of carbonyl (C=O) groups is 2. The van der Waals surface area contributed by atoms with Gasteiger partial charge in [-0.25, -0.2) is 4.79 Å². The van der Waals surface area contributed by atoms with E-state index in [2.05, 4.69) is 18.5 Å². The maximum absolute atomic E-state index is 12.2. The Balaban J connectivity index is 2.86. The fourth-order valence-corrected chi connectivity index (χ4v) is 2.88. The van der Waals surface area contributed by atoms with Gasteiger partial charge in [0.15, 0.2) is 0 Å². The Hall–Kier alpha value is -1.78. The van der Waals surface area contributed by atoms with Gasteiger partial charge in [0.1, 0.15) is 5.60 Å². The molecule has 130 valence electrons. The highest BCUT2D eigenvalue weighted by Gasteiger charge is 2.34. The van der Waals surface area contributed by atoms with Crippen molar-refractivity contribution >= 4 is 12.0 Å². The molecular formula is C18H30N2O3. The van der Waals surface area contributed by atoms with E-state index in [4.69, 9.17) is 4.74 Å². The molecular weight excluding hydrogens is 292 g/mol. The summed E-state index contributed by atoms with van der Waals surface area (Å²) in [5, 5.41) is 2.94. The molecule has 0 radical (unpaired) electrons. The number of carbonyl (C=O) groups excluding carboxylic acids is 2. The molecule has 1 aliphatic carbocycles. The molecule has 1 saturated carbocycles. The molecule has 0 heterocycles. The van der Waals surface area contributed by atoms with Crippen LogP contribution in [0.25, 0.3) is 0 Å². The van der Waals surface area contributed by atoms with Gasteiger partial charge in [-0.3, -0.25) is 4.79 Å². The number of alkyl carbamates (subject to hydrolysis) is 1. The van der Waals surface area contributed by atoms with Gasteiger partial charge in [-0.05, 0) is 46.6 Å². The summed E-state index contributed by atoms with van der Waals surface area (Å²) in [6, 6.07) is -0.166. The number of nitrogens with one attached hydrogen (secondary N) is 1. The molecule has 1 fully saturated rings. The van der Waals surface area contributed by atoms with Crippen molar-refractivity contribution in [2.45, 2.75) is 71.1 Å². The van der Waals surface area contributed by atoms with E-state index in [9.17, 15) is 9.59 Å². The number of ether oxygens (including phenoxy) is 1. The van der Waals surface area contributed by atoms with Crippen LogP contribution in [0.1, 0.15) is 53.4 Å². The predicted octanol–water partition coefficient (Wildman–Crippen LogP) is 3.41. The summed E-state index contributed by atoms with van der Waals surface area (Å²) >= 11 is 0. The Labute approximate surface area is 139 Å². The Morgan fingerprint density at radius 1 is 1.30 bits per heavy atom. The first kappa shape index (κ1) is 19.3. The van der Waals surface area contributed by atoms with Crippen LogP contribution in [0.15, 0.2) is 24.8 Å². The maximum Gasteiger partial charge on any atom is 0.407 e. The summed E-state index contributed by atoms with van der Waals surface area (Å²) in [4.78, 5) is 26.1. The van der Waals surface area contributed by atoms with Crippen LogP contribution >= 0.6 is 0 Å². The topological polar surface area (TPSA) is 58.6 Å². The minimum atomic E-state index is -0.539. The summed E-state index contributed by atoms with van der Waals surface area (Å²) in [5.74, 6) is -0.129. The van der Waals surface area contributed by atoms with Gasteiger partial charge in [-0.2, -0.15) is 0 Å². The number of nitrogens with zero attached hydrogens (tertiary/aromatic N) is 1. The Bertz CT molecular complexity index is 465. The second-order valence-electron chi connectivity index (χ2n) is 7.23. The third-order valence-electron chi connectivity index (χ3n) is 3.73. The number of hydrogen-bond acceptors (Lipinski definition) is 3. The second-order valence-corrected chi connectivity index (χ2v) is 7.23. The van der Waals surface area contributed by atoms with Crippen LogP contribution in [0.4, 0.5) is 4.79 Å². The van der Waals surface area contributed by atoms with Crippen LogP contribution in [-0.2, 0) is 9.53 Å². The molecule has 0 aromatic rings. The van der Waals surface area contributed by atoms with E-state index >= 15 is 0 Å². The van der Waals surface area contributed by atoms with Crippen molar-refractivity contribution in [3.63, 3.8) is 0 Å². The van der Waals surface area contributed by atoms with Gasteiger partial charge in [0.2, 0.25) is 5.91 Å². The molecule has 5 heteroatoms. The van der Waals surface area contributed by atoms with E-state index in [0.717, 1.165) is 31.3 Å². The highest BCUT2D eigenvalue weighted by atomic mass is 16.6. The van der Waals surface area contributed by atoms with Gasteiger partial charge in [0.25, 0.3) is 0 Å². The molecule has 0 saturated heterocycles. The summed E-state index contributed by atoms with van der Waals surface area (Å²) in [6.45, 7) is 15.4. The average molecular weight is 322 g/mol. The molecule has 1 aliphatic rings. The van der Waals surface area contributed by atoms with Crippen LogP contribution in [0.2, 0.25) is 0 Å². The van der Waals surface area contributed by atoms with E-state index in [1.54, 1.807) is 4.90 Å². The fourth-order valence-electron chi connectivity index (χ4n) is 2.88. The normalized spacial score (nSPS) is 21.2. The first-order valence-electron chi connectivity index (χ1n) is 8.21. The molecule has 23 heavy (non-hydrogen) atoms. The van der Waals surface area contributed by atoms with Crippen molar-refractivity contribution in [3.05, 3.63) is 24.8 Å². The van der Waals surface area contributed by atoms with Crippen LogP contribution in [-0.4, -0.2) is 41.1 Å². The van der Waals surface area contributed by atoms with Crippen LogP contribution in [0.3, 0.4) is 0 Å². The van der Waals surface area contributed by atoms with Crippen molar-refractivity contribution in [1.29, 1.82) is 0 Å². The lowest BCUT2D eigenvalue weighted by Gasteiger charge is -2.40. The zero-order valence-corrected chi connectivity index (χ0v) is 14.9. The van der Waals surface area contributed by atoms with Crippen LogP contribution in [0.5, 0.6) is 0 Å². The molecule has 0 spiro atoms. The molecule has 2 amide bonds. The van der Waals surface area contributed by atoms with Gasteiger partial charge in [-0.15, -0.1) is 0 Å². The summed E-state index contributed by atoms with van der Waals surface area (Å²) in [6.07, 6.45) is 4.64.